The van der Waals surface area contributed by atoms with Gasteiger partial charge in [0.15, 0.2) is 0 Å². The first kappa shape index (κ1) is 15.2. The molecule has 8 heteroatoms. The molecule has 0 aromatic carbocycles. The van der Waals surface area contributed by atoms with Crippen LogP contribution in [-0.2, 0) is 9.59 Å². The number of piperidine rings is 1. The molecule has 120 valence electrons. The highest BCUT2D eigenvalue weighted by Gasteiger charge is 2.29. The SMILES string of the molecule is CCNC(=O)C1CCN(c2nnc(N3CCCC3=O)s2)CC1. The van der Waals surface area contributed by atoms with E-state index in [1.807, 2.05) is 6.92 Å². The van der Waals surface area contributed by atoms with Crippen molar-refractivity contribution in [3.63, 3.8) is 0 Å². The van der Waals surface area contributed by atoms with Gasteiger partial charge >= 0.3 is 0 Å². The zero-order chi connectivity index (χ0) is 15.5. The molecule has 2 amide bonds. The highest BCUT2D eigenvalue weighted by Crippen LogP contribution is 2.32. The van der Waals surface area contributed by atoms with Crippen LogP contribution < -0.4 is 15.1 Å². The summed E-state index contributed by atoms with van der Waals surface area (Å²) >= 11 is 1.47. The summed E-state index contributed by atoms with van der Waals surface area (Å²) in [5.41, 5.74) is 0. The predicted octanol–water partition coefficient (Wildman–Crippen LogP) is 1.02. The molecular formula is C14H21N5O2S. The van der Waals surface area contributed by atoms with E-state index >= 15 is 0 Å². The zero-order valence-corrected chi connectivity index (χ0v) is 13.6. The van der Waals surface area contributed by atoms with Gasteiger partial charge in [0.2, 0.25) is 22.1 Å². The van der Waals surface area contributed by atoms with Gasteiger partial charge in [-0.2, -0.15) is 0 Å². The Morgan fingerprint density at radius 1 is 1.27 bits per heavy atom. The van der Waals surface area contributed by atoms with Crippen molar-refractivity contribution in [2.45, 2.75) is 32.6 Å². The lowest BCUT2D eigenvalue weighted by Crippen LogP contribution is -2.40. The van der Waals surface area contributed by atoms with Crippen molar-refractivity contribution in [2.75, 3.05) is 36.0 Å². The number of carbonyl (C=O) groups excluding carboxylic acids is 2. The van der Waals surface area contributed by atoms with E-state index < -0.39 is 0 Å². The van der Waals surface area contributed by atoms with Gasteiger partial charge in [0.05, 0.1) is 0 Å². The number of carbonyl (C=O) groups is 2. The lowest BCUT2D eigenvalue weighted by atomic mass is 9.96. The van der Waals surface area contributed by atoms with E-state index in [2.05, 4.69) is 20.4 Å². The van der Waals surface area contributed by atoms with Crippen LogP contribution in [0.2, 0.25) is 0 Å². The second-order valence-corrected chi connectivity index (χ2v) is 6.61. The van der Waals surface area contributed by atoms with Crippen molar-refractivity contribution in [2.24, 2.45) is 5.92 Å². The number of anilines is 2. The Hall–Kier alpha value is -1.70. The number of amides is 2. The number of nitrogens with one attached hydrogen (secondary N) is 1. The van der Waals surface area contributed by atoms with E-state index in [9.17, 15) is 9.59 Å². The van der Waals surface area contributed by atoms with Crippen LogP contribution in [0.5, 0.6) is 0 Å². The maximum Gasteiger partial charge on any atom is 0.228 e. The van der Waals surface area contributed by atoms with E-state index in [1.165, 1.54) is 11.3 Å². The Kier molecular flexibility index (Phi) is 4.56. The molecule has 7 nitrogen and oxygen atoms in total. The van der Waals surface area contributed by atoms with Crippen molar-refractivity contribution in [1.82, 2.24) is 15.5 Å². The first-order chi connectivity index (χ1) is 10.7. The summed E-state index contributed by atoms with van der Waals surface area (Å²) in [6.07, 6.45) is 3.17. The van der Waals surface area contributed by atoms with Gasteiger partial charge in [-0.1, -0.05) is 11.3 Å². The fraction of sp³-hybridized carbons (Fsp3) is 0.714. The van der Waals surface area contributed by atoms with Crippen LogP contribution >= 0.6 is 11.3 Å². The van der Waals surface area contributed by atoms with Gasteiger partial charge < -0.3 is 10.2 Å². The van der Waals surface area contributed by atoms with Crippen LogP contribution in [0.3, 0.4) is 0 Å². The number of rotatable bonds is 4. The Bertz CT molecular complexity index is 553. The Morgan fingerprint density at radius 3 is 2.64 bits per heavy atom. The van der Waals surface area contributed by atoms with Crippen molar-refractivity contribution < 1.29 is 9.59 Å². The molecule has 22 heavy (non-hydrogen) atoms. The van der Waals surface area contributed by atoms with Crippen molar-refractivity contribution >= 4 is 33.4 Å². The Balaban J connectivity index is 1.59. The van der Waals surface area contributed by atoms with Gasteiger partial charge in [-0.3, -0.25) is 14.5 Å². The zero-order valence-electron chi connectivity index (χ0n) is 12.7. The van der Waals surface area contributed by atoms with Gasteiger partial charge in [-0.15, -0.1) is 10.2 Å². The molecular weight excluding hydrogens is 302 g/mol. The molecule has 0 spiro atoms. The summed E-state index contributed by atoms with van der Waals surface area (Å²) < 4.78 is 0. The first-order valence-corrected chi connectivity index (χ1v) is 8.67. The minimum atomic E-state index is 0.101. The highest BCUT2D eigenvalue weighted by atomic mass is 32.1. The third-order valence-electron chi connectivity index (χ3n) is 4.20. The summed E-state index contributed by atoms with van der Waals surface area (Å²) in [6.45, 7) is 4.99. The van der Waals surface area contributed by atoms with Crippen LogP contribution in [0.1, 0.15) is 32.6 Å². The quantitative estimate of drug-likeness (QED) is 0.895. The molecule has 0 saturated carbocycles. The van der Waals surface area contributed by atoms with Crippen molar-refractivity contribution in [3.05, 3.63) is 0 Å². The average molecular weight is 323 g/mol. The molecule has 3 rings (SSSR count). The fourth-order valence-corrected chi connectivity index (χ4v) is 3.89. The molecule has 1 N–H and O–H groups in total. The molecule has 0 bridgehead atoms. The van der Waals surface area contributed by atoms with E-state index in [0.29, 0.717) is 18.1 Å². The van der Waals surface area contributed by atoms with Crippen LogP contribution in [0, 0.1) is 5.92 Å². The Morgan fingerprint density at radius 2 is 2.00 bits per heavy atom. The second-order valence-electron chi connectivity index (χ2n) is 5.67. The predicted molar refractivity (Wildman–Crippen MR) is 85.1 cm³/mol. The molecule has 2 fully saturated rings. The molecule has 0 radical (unpaired) electrons. The summed E-state index contributed by atoms with van der Waals surface area (Å²) in [7, 11) is 0. The van der Waals surface area contributed by atoms with Gasteiger partial charge in [-0.25, -0.2) is 0 Å². The molecule has 2 aliphatic rings. The molecule has 2 aliphatic heterocycles. The Labute approximate surface area is 133 Å². The normalized spacial score (nSPS) is 19.8. The summed E-state index contributed by atoms with van der Waals surface area (Å²) in [5.74, 6) is 0.393. The highest BCUT2D eigenvalue weighted by molar-refractivity contribution is 7.19. The molecule has 3 heterocycles. The van der Waals surface area contributed by atoms with Gasteiger partial charge in [0.25, 0.3) is 0 Å². The minimum Gasteiger partial charge on any atom is -0.356 e. The monoisotopic (exact) mass is 323 g/mol. The maximum absolute atomic E-state index is 11.9. The van der Waals surface area contributed by atoms with Gasteiger partial charge in [-0.05, 0) is 26.2 Å². The van der Waals surface area contributed by atoms with Crippen molar-refractivity contribution in [3.8, 4) is 0 Å². The van der Waals surface area contributed by atoms with E-state index in [-0.39, 0.29) is 17.7 Å². The standard InChI is InChI=1S/C14H21N5O2S/c1-2-15-12(21)10-5-8-18(9-6-10)13-16-17-14(22-13)19-7-3-4-11(19)20/h10H,2-9H2,1H3,(H,15,21). The van der Waals surface area contributed by atoms with E-state index in [1.54, 1.807) is 4.90 Å². The summed E-state index contributed by atoms with van der Waals surface area (Å²) in [5, 5.41) is 12.8. The second kappa shape index (κ2) is 6.60. The van der Waals surface area contributed by atoms with Crippen LogP contribution in [0.15, 0.2) is 0 Å². The number of hydrogen-bond donors (Lipinski definition) is 1. The third kappa shape index (κ3) is 3.06. The summed E-state index contributed by atoms with van der Waals surface area (Å²) in [4.78, 5) is 27.5. The molecule has 0 aliphatic carbocycles. The van der Waals surface area contributed by atoms with Gasteiger partial charge in [0.1, 0.15) is 0 Å². The lowest BCUT2D eigenvalue weighted by molar-refractivity contribution is -0.125. The van der Waals surface area contributed by atoms with E-state index in [4.69, 9.17) is 0 Å². The smallest absolute Gasteiger partial charge is 0.228 e. The number of aromatic nitrogens is 2. The van der Waals surface area contributed by atoms with Crippen LogP contribution in [0.4, 0.5) is 10.3 Å². The van der Waals surface area contributed by atoms with E-state index in [0.717, 1.165) is 44.0 Å². The number of nitrogens with zero attached hydrogens (tertiary/aromatic N) is 4. The topological polar surface area (TPSA) is 78.4 Å². The largest absolute Gasteiger partial charge is 0.356 e. The first-order valence-electron chi connectivity index (χ1n) is 7.85. The van der Waals surface area contributed by atoms with Crippen molar-refractivity contribution in [1.29, 1.82) is 0 Å². The maximum atomic E-state index is 11.9. The molecule has 2 saturated heterocycles. The van der Waals surface area contributed by atoms with Crippen LogP contribution in [-0.4, -0.2) is 48.2 Å². The van der Waals surface area contributed by atoms with Crippen LogP contribution in [0.25, 0.3) is 0 Å². The molecule has 1 aromatic heterocycles. The molecule has 0 unspecified atom stereocenters. The lowest BCUT2D eigenvalue weighted by Gasteiger charge is -2.30. The minimum absolute atomic E-state index is 0.101. The summed E-state index contributed by atoms with van der Waals surface area (Å²) in [6, 6.07) is 0. The van der Waals surface area contributed by atoms with Gasteiger partial charge in [0, 0.05) is 38.5 Å². The average Bonchev–Trinajstić information content (AvgIpc) is 3.16. The number of hydrogen-bond acceptors (Lipinski definition) is 6. The molecule has 0 atom stereocenters. The third-order valence-corrected chi connectivity index (χ3v) is 5.20. The molecule has 1 aromatic rings. The fourth-order valence-electron chi connectivity index (χ4n) is 2.95.